The van der Waals surface area contributed by atoms with Crippen LogP contribution in [0.3, 0.4) is 0 Å². The molecule has 0 saturated carbocycles. The molecule has 0 aromatic rings. The number of rotatable bonds is 3. The number of carbonyl (C=O) groups is 3. The first-order valence-electron chi connectivity index (χ1n) is 2.66. The third kappa shape index (κ3) is 23.8. The van der Waals surface area contributed by atoms with Gasteiger partial charge in [0.25, 0.3) is 0 Å². The first-order valence-corrected chi connectivity index (χ1v) is 2.66. The topological polar surface area (TPSA) is 132 Å². The maximum atomic E-state index is 9.43. The van der Waals surface area contributed by atoms with Gasteiger partial charge in [0.2, 0.25) is 0 Å². The molecule has 7 nitrogen and oxygen atoms in total. The smallest absolute Gasteiger partial charge is 0.329 e. The normalized spacial score (nSPS) is 7.75. The molecule has 70 valence electrons. The molecule has 0 spiro atoms. The molecular weight excluding hydrogens is 172 g/mol. The quantitative estimate of drug-likeness (QED) is 0.393. The van der Waals surface area contributed by atoms with Gasteiger partial charge < -0.3 is 20.4 Å². The molecule has 0 fully saturated rings. The number of aliphatic hydroxyl groups excluding tert-OH is 1. The summed E-state index contributed by atoms with van der Waals surface area (Å²) in [6, 6.07) is 0. The Balaban J connectivity index is 0. The standard InChI is InChI=1S/C3H4O4.C2H4O3/c4-2(5)1-3(6)7;3-1-2(4)5/h1H2,(H,4,5)(H,6,7);3H,1H2,(H,4,5). The molecule has 0 aliphatic carbocycles. The number of carboxylic acids is 3. The van der Waals surface area contributed by atoms with Gasteiger partial charge in [-0.3, -0.25) is 9.59 Å². The minimum atomic E-state index is -1.31. The van der Waals surface area contributed by atoms with E-state index in [1.54, 1.807) is 0 Å². The summed E-state index contributed by atoms with van der Waals surface area (Å²) in [5, 5.41) is 30.4. The van der Waals surface area contributed by atoms with E-state index < -0.39 is 30.9 Å². The number of hydrogen-bond acceptors (Lipinski definition) is 4. The van der Waals surface area contributed by atoms with Crippen molar-refractivity contribution in [2.75, 3.05) is 6.61 Å². The minimum absolute atomic E-state index is 0.778. The van der Waals surface area contributed by atoms with Crippen molar-refractivity contribution in [1.82, 2.24) is 0 Å². The largest absolute Gasteiger partial charge is 0.481 e. The number of aliphatic carboxylic acids is 3. The summed E-state index contributed by atoms with van der Waals surface area (Å²) >= 11 is 0. The van der Waals surface area contributed by atoms with Gasteiger partial charge in [0.1, 0.15) is 13.0 Å². The summed E-state index contributed by atoms with van der Waals surface area (Å²) in [5.41, 5.74) is 0. The second kappa shape index (κ2) is 7.48. The van der Waals surface area contributed by atoms with Gasteiger partial charge in [0.05, 0.1) is 0 Å². The van der Waals surface area contributed by atoms with Gasteiger partial charge in [0.15, 0.2) is 0 Å². The molecule has 0 atom stereocenters. The highest BCUT2D eigenvalue weighted by Crippen LogP contribution is 1.74. The van der Waals surface area contributed by atoms with E-state index in [-0.39, 0.29) is 0 Å². The van der Waals surface area contributed by atoms with Gasteiger partial charge in [-0.25, -0.2) is 4.79 Å². The van der Waals surface area contributed by atoms with Crippen molar-refractivity contribution in [3.8, 4) is 0 Å². The van der Waals surface area contributed by atoms with Gasteiger partial charge in [0, 0.05) is 0 Å². The zero-order valence-corrected chi connectivity index (χ0v) is 5.93. The molecule has 0 bridgehead atoms. The highest BCUT2D eigenvalue weighted by atomic mass is 16.4. The summed E-state index contributed by atoms with van der Waals surface area (Å²) in [5.74, 6) is -3.81. The van der Waals surface area contributed by atoms with E-state index in [0.717, 1.165) is 0 Å². The molecule has 0 amide bonds. The fraction of sp³-hybridized carbons (Fsp3) is 0.400. The first kappa shape index (κ1) is 13.0. The Hall–Kier alpha value is -1.63. The summed E-state index contributed by atoms with van der Waals surface area (Å²) in [7, 11) is 0. The second-order valence-corrected chi connectivity index (χ2v) is 1.52. The molecule has 12 heavy (non-hydrogen) atoms. The van der Waals surface area contributed by atoms with Gasteiger partial charge in [-0.05, 0) is 0 Å². The molecule has 0 aliphatic rings. The average Bonchev–Trinajstić information content (AvgIpc) is 1.85. The van der Waals surface area contributed by atoms with Gasteiger partial charge in [-0.2, -0.15) is 0 Å². The molecule has 0 aliphatic heterocycles. The molecule has 0 aromatic carbocycles. The SMILES string of the molecule is O=C(O)CC(=O)O.O=C(O)CO. The molecular formula is C5H8O7. The van der Waals surface area contributed by atoms with Crippen LogP contribution in [-0.2, 0) is 14.4 Å². The van der Waals surface area contributed by atoms with Crippen molar-refractivity contribution < 1.29 is 34.8 Å². The molecule has 0 heterocycles. The van der Waals surface area contributed by atoms with Crippen LogP contribution in [0.15, 0.2) is 0 Å². The minimum Gasteiger partial charge on any atom is -0.481 e. The number of carboxylic acid groups (broad SMARTS) is 3. The van der Waals surface area contributed by atoms with Crippen LogP contribution in [0.1, 0.15) is 6.42 Å². The summed E-state index contributed by atoms with van der Waals surface area (Å²) in [6.45, 7) is -0.778. The van der Waals surface area contributed by atoms with Gasteiger partial charge in [-0.15, -0.1) is 0 Å². The second-order valence-electron chi connectivity index (χ2n) is 1.52. The average molecular weight is 180 g/mol. The summed E-state index contributed by atoms with van der Waals surface area (Å²) in [4.78, 5) is 28.0. The Kier molecular flexibility index (Phi) is 8.10. The molecule has 0 radical (unpaired) electrons. The monoisotopic (exact) mass is 180 g/mol. The highest BCUT2D eigenvalue weighted by Gasteiger charge is 2.01. The maximum Gasteiger partial charge on any atom is 0.329 e. The zero-order chi connectivity index (χ0) is 10.1. The Labute approximate surface area is 66.9 Å². The maximum absolute atomic E-state index is 9.43. The van der Waals surface area contributed by atoms with E-state index in [9.17, 15) is 9.59 Å². The van der Waals surface area contributed by atoms with Crippen molar-refractivity contribution in [3.63, 3.8) is 0 Å². The lowest BCUT2D eigenvalue weighted by molar-refractivity contribution is -0.147. The number of aliphatic hydroxyl groups is 1. The van der Waals surface area contributed by atoms with Crippen molar-refractivity contribution in [2.45, 2.75) is 6.42 Å². The van der Waals surface area contributed by atoms with Crippen LogP contribution >= 0.6 is 0 Å². The van der Waals surface area contributed by atoms with Crippen LogP contribution in [0.4, 0.5) is 0 Å². The van der Waals surface area contributed by atoms with E-state index in [1.165, 1.54) is 0 Å². The van der Waals surface area contributed by atoms with E-state index in [4.69, 9.17) is 25.2 Å². The molecule has 0 rings (SSSR count). The van der Waals surface area contributed by atoms with E-state index >= 15 is 0 Å². The van der Waals surface area contributed by atoms with Crippen molar-refractivity contribution in [3.05, 3.63) is 0 Å². The Morgan fingerprint density at radius 2 is 1.08 bits per heavy atom. The third-order valence-corrected chi connectivity index (χ3v) is 0.438. The highest BCUT2D eigenvalue weighted by molar-refractivity contribution is 5.88. The van der Waals surface area contributed by atoms with Crippen LogP contribution in [0.25, 0.3) is 0 Å². The Bertz CT molecular complexity index is 161. The van der Waals surface area contributed by atoms with Crippen molar-refractivity contribution in [2.24, 2.45) is 0 Å². The molecule has 0 aromatic heterocycles. The predicted octanol–water partition coefficient (Wildman–Crippen LogP) is -1.39. The molecule has 7 heteroatoms. The van der Waals surface area contributed by atoms with E-state index in [1.807, 2.05) is 0 Å². The zero-order valence-electron chi connectivity index (χ0n) is 5.93. The Morgan fingerprint density at radius 1 is 0.833 bits per heavy atom. The summed E-state index contributed by atoms with van der Waals surface area (Å²) in [6.07, 6.45) is -0.806. The summed E-state index contributed by atoms with van der Waals surface area (Å²) < 4.78 is 0. The van der Waals surface area contributed by atoms with Gasteiger partial charge >= 0.3 is 17.9 Å². The van der Waals surface area contributed by atoms with E-state index in [0.29, 0.717) is 0 Å². The molecule has 0 unspecified atom stereocenters. The van der Waals surface area contributed by atoms with Crippen LogP contribution in [0, 0.1) is 0 Å². The van der Waals surface area contributed by atoms with Crippen molar-refractivity contribution in [1.29, 1.82) is 0 Å². The van der Waals surface area contributed by atoms with Gasteiger partial charge in [-0.1, -0.05) is 0 Å². The molecule has 0 saturated heterocycles. The van der Waals surface area contributed by atoms with Crippen LogP contribution in [0.2, 0.25) is 0 Å². The Morgan fingerprint density at radius 3 is 1.08 bits per heavy atom. The first-order chi connectivity index (χ1) is 5.40. The fourth-order valence-electron chi connectivity index (χ4n) is 0.129. The van der Waals surface area contributed by atoms with Crippen LogP contribution < -0.4 is 0 Å². The lowest BCUT2D eigenvalue weighted by Crippen LogP contribution is -2.03. The van der Waals surface area contributed by atoms with Crippen LogP contribution in [0.5, 0.6) is 0 Å². The molecule has 4 N–H and O–H groups in total. The fourth-order valence-corrected chi connectivity index (χ4v) is 0.129. The third-order valence-electron chi connectivity index (χ3n) is 0.438. The lowest BCUT2D eigenvalue weighted by Gasteiger charge is -1.80. The predicted molar refractivity (Wildman–Crippen MR) is 34.6 cm³/mol. The lowest BCUT2D eigenvalue weighted by atomic mass is 10.5. The van der Waals surface area contributed by atoms with Crippen molar-refractivity contribution >= 4 is 17.9 Å². The number of hydrogen-bond donors (Lipinski definition) is 4. The van der Waals surface area contributed by atoms with E-state index in [2.05, 4.69) is 0 Å². The van der Waals surface area contributed by atoms with Crippen LogP contribution in [-0.4, -0.2) is 44.9 Å².